The summed E-state index contributed by atoms with van der Waals surface area (Å²) in [6.45, 7) is 6.73. The standard InChI is InChI=1S/C9H16N2O/c1-7(2)12-6-9-5-11(4)10-8(9)3/h5,7H,6H2,1-4H3. The van der Waals surface area contributed by atoms with Crippen molar-refractivity contribution in [3.63, 3.8) is 0 Å². The maximum atomic E-state index is 5.47. The van der Waals surface area contributed by atoms with E-state index in [1.807, 2.05) is 38.7 Å². The summed E-state index contributed by atoms with van der Waals surface area (Å²) < 4.78 is 7.28. The van der Waals surface area contributed by atoms with Crippen LogP contribution in [0.25, 0.3) is 0 Å². The highest BCUT2D eigenvalue weighted by molar-refractivity contribution is 5.13. The number of rotatable bonds is 3. The first-order valence-corrected chi connectivity index (χ1v) is 4.20. The Kier molecular flexibility index (Phi) is 2.87. The summed E-state index contributed by atoms with van der Waals surface area (Å²) in [5, 5.41) is 4.23. The Bertz CT molecular complexity index is 253. The van der Waals surface area contributed by atoms with Crippen LogP contribution >= 0.6 is 0 Å². The summed E-state index contributed by atoms with van der Waals surface area (Å²) in [4.78, 5) is 0. The van der Waals surface area contributed by atoms with Crippen LogP contribution in [-0.4, -0.2) is 15.9 Å². The van der Waals surface area contributed by atoms with Gasteiger partial charge in [0.1, 0.15) is 0 Å². The van der Waals surface area contributed by atoms with E-state index in [0.29, 0.717) is 6.61 Å². The second-order valence-corrected chi connectivity index (χ2v) is 3.27. The second kappa shape index (κ2) is 3.72. The van der Waals surface area contributed by atoms with Crippen LogP contribution in [0, 0.1) is 6.92 Å². The van der Waals surface area contributed by atoms with Crippen LogP contribution in [0.1, 0.15) is 25.1 Å². The molecule has 0 bridgehead atoms. The molecule has 3 heteroatoms. The number of aryl methyl sites for hydroxylation is 2. The molecule has 0 N–H and O–H groups in total. The fourth-order valence-corrected chi connectivity index (χ4v) is 1.05. The molecule has 0 amide bonds. The fraction of sp³-hybridized carbons (Fsp3) is 0.667. The third-order valence-electron chi connectivity index (χ3n) is 1.69. The van der Waals surface area contributed by atoms with Crippen molar-refractivity contribution >= 4 is 0 Å². The minimum Gasteiger partial charge on any atom is -0.374 e. The second-order valence-electron chi connectivity index (χ2n) is 3.27. The molecule has 12 heavy (non-hydrogen) atoms. The summed E-state index contributed by atoms with van der Waals surface area (Å²) in [6, 6.07) is 0. The van der Waals surface area contributed by atoms with Crippen molar-refractivity contribution in [3.8, 4) is 0 Å². The minimum atomic E-state index is 0.282. The number of hydrogen-bond donors (Lipinski definition) is 0. The van der Waals surface area contributed by atoms with Crippen molar-refractivity contribution in [3.05, 3.63) is 17.5 Å². The average molecular weight is 168 g/mol. The van der Waals surface area contributed by atoms with E-state index in [0.717, 1.165) is 5.69 Å². The molecular weight excluding hydrogens is 152 g/mol. The highest BCUT2D eigenvalue weighted by Gasteiger charge is 2.03. The zero-order valence-corrected chi connectivity index (χ0v) is 8.16. The molecule has 1 aromatic heterocycles. The Morgan fingerprint density at radius 3 is 2.67 bits per heavy atom. The van der Waals surface area contributed by atoms with Gasteiger partial charge >= 0.3 is 0 Å². The quantitative estimate of drug-likeness (QED) is 0.686. The molecule has 1 aromatic rings. The van der Waals surface area contributed by atoms with Gasteiger partial charge in [0.25, 0.3) is 0 Å². The molecule has 68 valence electrons. The van der Waals surface area contributed by atoms with E-state index in [2.05, 4.69) is 5.10 Å². The maximum absolute atomic E-state index is 5.47. The van der Waals surface area contributed by atoms with Crippen LogP contribution in [0.5, 0.6) is 0 Å². The summed E-state index contributed by atoms with van der Waals surface area (Å²) in [5.74, 6) is 0. The lowest BCUT2D eigenvalue weighted by atomic mass is 10.3. The molecule has 0 aliphatic heterocycles. The lowest BCUT2D eigenvalue weighted by molar-refractivity contribution is 0.0654. The molecule has 0 aliphatic carbocycles. The Hall–Kier alpha value is -0.830. The predicted molar refractivity (Wildman–Crippen MR) is 47.9 cm³/mol. The van der Waals surface area contributed by atoms with Crippen molar-refractivity contribution in [1.29, 1.82) is 0 Å². The first-order chi connectivity index (χ1) is 5.59. The first kappa shape index (κ1) is 9.26. The monoisotopic (exact) mass is 168 g/mol. The largest absolute Gasteiger partial charge is 0.374 e. The lowest BCUT2D eigenvalue weighted by Gasteiger charge is -2.05. The summed E-state index contributed by atoms with van der Waals surface area (Å²) in [7, 11) is 1.92. The topological polar surface area (TPSA) is 27.1 Å². The summed E-state index contributed by atoms with van der Waals surface area (Å²) >= 11 is 0. The van der Waals surface area contributed by atoms with E-state index in [1.54, 1.807) is 0 Å². The molecule has 3 nitrogen and oxygen atoms in total. The van der Waals surface area contributed by atoms with Gasteiger partial charge in [-0.05, 0) is 20.8 Å². The van der Waals surface area contributed by atoms with Gasteiger partial charge in [0.05, 0.1) is 18.4 Å². The van der Waals surface area contributed by atoms with E-state index in [1.165, 1.54) is 5.56 Å². The van der Waals surface area contributed by atoms with E-state index < -0.39 is 0 Å². The number of hydrogen-bond acceptors (Lipinski definition) is 2. The SMILES string of the molecule is Cc1nn(C)cc1COC(C)C. The van der Waals surface area contributed by atoms with Crippen molar-refractivity contribution in [2.45, 2.75) is 33.5 Å². The Labute approximate surface area is 73.3 Å². The van der Waals surface area contributed by atoms with Crippen LogP contribution < -0.4 is 0 Å². The van der Waals surface area contributed by atoms with E-state index in [9.17, 15) is 0 Å². The van der Waals surface area contributed by atoms with Gasteiger partial charge < -0.3 is 4.74 Å². The first-order valence-electron chi connectivity index (χ1n) is 4.20. The Morgan fingerprint density at radius 2 is 2.25 bits per heavy atom. The van der Waals surface area contributed by atoms with Crippen LogP contribution in [0.15, 0.2) is 6.20 Å². The molecule has 0 unspecified atom stereocenters. The lowest BCUT2D eigenvalue weighted by Crippen LogP contribution is -2.02. The van der Waals surface area contributed by atoms with Gasteiger partial charge in [0.2, 0.25) is 0 Å². The molecule has 0 saturated heterocycles. The van der Waals surface area contributed by atoms with E-state index in [4.69, 9.17) is 4.74 Å². The number of ether oxygens (including phenoxy) is 1. The van der Waals surface area contributed by atoms with Gasteiger partial charge in [-0.1, -0.05) is 0 Å². The van der Waals surface area contributed by atoms with Crippen LogP contribution in [0.2, 0.25) is 0 Å². The van der Waals surface area contributed by atoms with Gasteiger partial charge in [0.15, 0.2) is 0 Å². The van der Waals surface area contributed by atoms with Gasteiger partial charge in [-0.2, -0.15) is 5.10 Å². The molecule has 0 fully saturated rings. The molecule has 1 rings (SSSR count). The number of aromatic nitrogens is 2. The maximum Gasteiger partial charge on any atom is 0.0753 e. The summed E-state index contributed by atoms with van der Waals surface area (Å²) in [6.07, 6.45) is 2.28. The fourth-order valence-electron chi connectivity index (χ4n) is 1.05. The molecule has 0 spiro atoms. The third kappa shape index (κ3) is 2.34. The molecule has 1 heterocycles. The van der Waals surface area contributed by atoms with E-state index in [-0.39, 0.29) is 6.10 Å². The minimum absolute atomic E-state index is 0.282. The molecular formula is C9H16N2O. The molecule has 0 saturated carbocycles. The van der Waals surface area contributed by atoms with E-state index >= 15 is 0 Å². The number of nitrogens with zero attached hydrogens (tertiary/aromatic N) is 2. The van der Waals surface area contributed by atoms with Crippen LogP contribution in [-0.2, 0) is 18.4 Å². The van der Waals surface area contributed by atoms with Gasteiger partial charge in [-0.15, -0.1) is 0 Å². The predicted octanol–water partition coefficient (Wildman–Crippen LogP) is 1.65. The average Bonchev–Trinajstić information content (AvgIpc) is 2.26. The molecule has 0 atom stereocenters. The molecule has 0 aromatic carbocycles. The van der Waals surface area contributed by atoms with Crippen molar-refractivity contribution < 1.29 is 4.74 Å². The van der Waals surface area contributed by atoms with Crippen LogP contribution in [0.3, 0.4) is 0 Å². The van der Waals surface area contributed by atoms with Gasteiger partial charge in [-0.3, -0.25) is 4.68 Å². The van der Waals surface area contributed by atoms with Crippen molar-refractivity contribution in [1.82, 2.24) is 9.78 Å². The highest BCUT2D eigenvalue weighted by atomic mass is 16.5. The Balaban J connectivity index is 2.57. The van der Waals surface area contributed by atoms with Gasteiger partial charge in [0, 0.05) is 18.8 Å². The van der Waals surface area contributed by atoms with Crippen molar-refractivity contribution in [2.75, 3.05) is 0 Å². The zero-order valence-electron chi connectivity index (χ0n) is 8.16. The molecule has 0 aliphatic rings. The third-order valence-corrected chi connectivity index (χ3v) is 1.69. The highest BCUT2D eigenvalue weighted by Crippen LogP contribution is 2.07. The van der Waals surface area contributed by atoms with Crippen LogP contribution in [0.4, 0.5) is 0 Å². The molecule has 0 radical (unpaired) electrons. The smallest absolute Gasteiger partial charge is 0.0753 e. The summed E-state index contributed by atoms with van der Waals surface area (Å²) in [5.41, 5.74) is 2.23. The Morgan fingerprint density at radius 1 is 1.58 bits per heavy atom. The zero-order chi connectivity index (χ0) is 9.14. The van der Waals surface area contributed by atoms with Crippen molar-refractivity contribution in [2.24, 2.45) is 7.05 Å². The van der Waals surface area contributed by atoms with Gasteiger partial charge in [-0.25, -0.2) is 0 Å². The normalized spacial score (nSPS) is 11.1.